The number of hydrogen-bond acceptors (Lipinski definition) is 6. The molecule has 25 heavy (non-hydrogen) atoms. The molecule has 0 spiro atoms. The van der Waals surface area contributed by atoms with Gasteiger partial charge >= 0.3 is 0 Å². The number of hydrazine groups is 1. The third kappa shape index (κ3) is 2.76. The molecule has 0 radical (unpaired) electrons. The minimum absolute atomic E-state index is 0.290. The number of ether oxygens (including phenoxy) is 1. The molecular weight excluding hydrogens is 321 g/mol. The summed E-state index contributed by atoms with van der Waals surface area (Å²) in [5.41, 5.74) is 13.0. The van der Waals surface area contributed by atoms with Crippen LogP contribution in [0.2, 0.25) is 0 Å². The molecule has 6 nitrogen and oxygen atoms in total. The van der Waals surface area contributed by atoms with Gasteiger partial charge in [-0.2, -0.15) is 0 Å². The highest BCUT2D eigenvalue weighted by molar-refractivity contribution is 6.02. The number of nitrogens with zero attached hydrogens (tertiary/aromatic N) is 3. The van der Waals surface area contributed by atoms with Crippen LogP contribution in [0.3, 0.4) is 0 Å². The second kappa shape index (κ2) is 6.25. The SMILES string of the molecule is C=CC1=C2NN(c3ccc(N4CCOCC4)cc3F)C=C2CN=C1N. The van der Waals surface area contributed by atoms with Gasteiger partial charge in [0.25, 0.3) is 0 Å². The zero-order chi connectivity index (χ0) is 17.4. The summed E-state index contributed by atoms with van der Waals surface area (Å²) >= 11 is 0. The van der Waals surface area contributed by atoms with Gasteiger partial charge in [-0.3, -0.25) is 15.4 Å². The van der Waals surface area contributed by atoms with E-state index >= 15 is 0 Å². The number of fused-ring (bicyclic) bond motifs is 1. The number of amidine groups is 1. The molecule has 1 fully saturated rings. The number of aliphatic imine (C=N–C) groups is 1. The van der Waals surface area contributed by atoms with E-state index in [1.54, 1.807) is 23.2 Å². The zero-order valence-electron chi connectivity index (χ0n) is 13.8. The molecule has 3 aliphatic rings. The van der Waals surface area contributed by atoms with E-state index in [1.165, 1.54) is 0 Å². The Hall–Kier alpha value is -2.80. The molecule has 0 atom stereocenters. The Bertz CT molecular complexity index is 808. The van der Waals surface area contributed by atoms with Gasteiger partial charge in [-0.15, -0.1) is 0 Å². The van der Waals surface area contributed by atoms with Gasteiger partial charge in [0.1, 0.15) is 5.84 Å². The number of morpholine rings is 1. The van der Waals surface area contributed by atoms with Crippen molar-refractivity contribution >= 4 is 17.2 Å². The number of hydrogen-bond donors (Lipinski definition) is 2. The van der Waals surface area contributed by atoms with E-state index in [2.05, 4.69) is 21.9 Å². The van der Waals surface area contributed by atoms with Crippen molar-refractivity contribution in [3.05, 3.63) is 59.7 Å². The van der Waals surface area contributed by atoms with Gasteiger partial charge in [0.2, 0.25) is 0 Å². The van der Waals surface area contributed by atoms with Crippen LogP contribution in [0.4, 0.5) is 15.8 Å². The lowest BCUT2D eigenvalue weighted by Crippen LogP contribution is -2.36. The Kier molecular flexibility index (Phi) is 3.93. The fourth-order valence-electron chi connectivity index (χ4n) is 3.23. The van der Waals surface area contributed by atoms with Crippen LogP contribution in [0.1, 0.15) is 0 Å². The van der Waals surface area contributed by atoms with Crippen LogP contribution in [-0.4, -0.2) is 38.7 Å². The lowest BCUT2D eigenvalue weighted by molar-refractivity contribution is 0.122. The lowest BCUT2D eigenvalue weighted by atomic mass is 10.1. The Morgan fingerprint density at radius 2 is 2.12 bits per heavy atom. The summed E-state index contributed by atoms with van der Waals surface area (Å²) in [6.45, 7) is 7.14. The monoisotopic (exact) mass is 341 g/mol. The van der Waals surface area contributed by atoms with E-state index in [1.807, 2.05) is 12.3 Å². The second-order valence-corrected chi connectivity index (χ2v) is 6.07. The minimum atomic E-state index is -0.290. The molecule has 4 rings (SSSR count). The predicted octanol–water partition coefficient (Wildman–Crippen LogP) is 1.68. The summed E-state index contributed by atoms with van der Waals surface area (Å²) in [7, 11) is 0. The first-order valence-corrected chi connectivity index (χ1v) is 8.23. The second-order valence-electron chi connectivity index (χ2n) is 6.07. The Morgan fingerprint density at radius 3 is 2.84 bits per heavy atom. The molecule has 130 valence electrons. The largest absolute Gasteiger partial charge is 0.383 e. The van der Waals surface area contributed by atoms with Gasteiger partial charge in [0.05, 0.1) is 31.1 Å². The quantitative estimate of drug-likeness (QED) is 0.876. The number of dihydropyridines is 1. The van der Waals surface area contributed by atoms with Crippen molar-refractivity contribution in [2.45, 2.75) is 0 Å². The highest BCUT2D eigenvalue weighted by Gasteiger charge is 2.27. The maximum atomic E-state index is 14.7. The van der Waals surface area contributed by atoms with Crippen LogP contribution < -0.4 is 21.1 Å². The lowest BCUT2D eigenvalue weighted by Gasteiger charge is -2.29. The third-order valence-electron chi connectivity index (χ3n) is 4.57. The van der Waals surface area contributed by atoms with Gasteiger partial charge in [-0.05, 0) is 18.2 Å². The van der Waals surface area contributed by atoms with E-state index in [0.29, 0.717) is 31.3 Å². The van der Waals surface area contributed by atoms with Crippen molar-refractivity contribution in [3.8, 4) is 0 Å². The van der Waals surface area contributed by atoms with Gasteiger partial charge in [0, 0.05) is 36.1 Å². The molecule has 0 bridgehead atoms. The highest BCUT2D eigenvalue weighted by atomic mass is 19.1. The Morgan fingerprint density at radius 1 is 1.32 bits per heavy atom. The van der Waals surface area contributed by atoms with Gasteiger partial charge in [-0.25, -0.2) is 4.39 Å². The van der Waals surface area contributed by atoms with Crippen LogP contribution in [0.25, 0.3) is 0 Å². The average molecular weight is 341 g/mol. The Balaban J connectivity index is 1.60. The molecule has 1 aromatic carbocycles. The van der Waals surface area contributed by atoms with Crippen molar-refractivity contribution in [2.75, 3.05) is 42.8 Å². The fraction of sp³-hybridized carbons (Fsp3) is 0.278. The minimum Gasteiger partial charge on any atom is -0.383 e. The van der Waals surface area contributed by atoms with Gasteiger partial charge < -0.3 is 15.4 Å². The summed E-state index contributed by atoms with van der Waals surface area (Å²) in [6.07, 6.45) is 3.51. The third-order valence-corrected chi connectivity index (χ3v) is 4.57. The van der Waals surface area contributed by atoms with E-state index in [9.17, 15) is 4.39 Å². The molecule has 0 amide bonds. The number of anilines is 2. The van der Waals surface area contributed by atoms with E-state index in [4.69, 9.17) is 10.5 Å². The van der Waals surface area contributed by atoms with Crippen molar-refractivity contribution in [3.63, 3.8) is 0 Å². The van der Waals surface area contributed by atoms with Crippen LogP contribution in [0, 0.1) is 5.82 Å². The maximum absolute atomic E-state index is 14.7. The summed E-state index contributed by atoms with van der Waals surface area (Å²) < 4.78 is 20.1. The van der Waals surface area contributed by atoms with E-state index < -0.39 is 0 Å². The first-order chi connectivity index (χ1) is 12.2. The van der Waals surface area contributed by atoms with Crippen LogP contribution in [-0.2, 0) is 4.74 Å². The van der Waals surface area contributed by atoms with Gasteiger partial charge in [-0.1, -0.05) is 12.7 Å². The predicted molar refractivity (Wildman–Crippen MR) is 96.8 cm³/mol. The van der Waals surface area contributed by atoms with Crippen molar-refractivity contribution in [2.24, 2.45) is 10.7 Å². The average Bonchev–Trinajstić information content (AvgIpc) is 3.06. The van der Waals surface area contributed by atoms with Crippen LogP contribution in [0.15, 0.2) is 58.9 Å². The molecule has 3 aliphatic heterocycles. The standard InChI is InChI=1S/C18H20FN5O/c1-2-14-17-12(10-21-18(14)20)11-24(22-17)16-4-3-13(9-15(16)19)23-5-7-25-8-6-23/h2-4,9,11,22H,1,5-8,10H2,(H2,20,21). The molecule has 0 unspecified atom stereocenters. The molecule has 1 aromatic rings. The first-order valence-electron chi connectivity index (χ1n) is 8.23. The normalized spacial score (nSPS) is 20.0. The molecule has 3 N–H and O–H groups in total. The zero-order valence-corrected chi connectivity index (χ0v) is 13.8. The number of nitrogens with two attached hydrogens (primary N) is 1. The van der Waals surface area contributed by atoms with Crippen molar-refractivity contribution in [1.82, 2.24) is 5.43 Å². The topological polar surface area (TPSA) is 66.1 Å². The summed E-state index contributed by atoms with van der Waals surface area (Å²) in [6, 6.07) is 5.27. The molecular formula is C18H20FN5O. The fourth-order valence-corrected chi connectivity index (χ4v) is 3.23. The summed E-state index contributed by atoms with van der Waals surface area (Å²) in [5, 5.41) is 1.67. The van der Waals surface area contributed by atoms with E-state index in [0.717, 1.165) is 35.6 Å². The first kappa shape index (κ1) is 15.7. The Labute approximate surface area is 145 Å². The van der Waals surface area contributed by atoms with Crippen LogP contribution >= 0.6 is 0 Å². The molecule has 0 saturated carbocycles. The maximum Gasteiger partial charge on any atom is 0.150 e. The number of nitrogens with one attached hydrogen (secondary N) is 1. The number of halogens is 1. The molecule has 0 aliphatic carbocycles. The smallest absolute Gasteiger partial charge is 0.150 e. The summed E-state index contributed by atoms with van der Waals surface area (Å²) in [4.78, 5) is 6.39. The number of rotatable bonds is 3. The summed E-state index contributed by atoms with van der Waals surface area (Å²) in [5.74, 6) is 0.154. The molecule has 0 aromatic heterocycles. The van der Waals surface area contributed by atoms with Crippen molar-refractivity contribution < 1.29 is 9.13 Å². The molecule has 1 saturated heterocycles. The molecule has 7 heteroatoms. The number of benzene rings is 1. The van der Waals surface area contributed by atoms with Crippen molar-refractivity contribution in [1.29, 1.82) is 0 Å². The van der Waals surface area contributed by atoms with E-state index in [-0.39, 0.29) is 5.82 Å². The van der Waals surface area contributed by atoms with Gasteiger partial charge in [0.15, 0.2) is 5.82 Å². The molecule has 3 heterocycles. The van der Waals surface area contributed by atoms with Crippen LogP contribution in [0.5, 0.6) is 0 Å². The highest BCUT2D eigenvalue weighted by Crippen LogP contribution is 2.31.